The van der Waals surface area contributed by atoms with Gasteiger partial charge in [0.25, 0.3) is 11.8 Å². The van der Waals surface area contributed by atoms with Crippen molar-refractivity contribution >= 4 is 50.7 Å². The molecule has 6 nitrogen and oxygen atoms in total. The fraction of sp³-hybridized carbons (Fsp3) is 0.136. The van der Waals surface area contributed by atoms with Gasteiger partial charge >= 0.3 is 0 Å². The Kier molecular flexibility index (Phi) is 5.57. The predicted octanol–water partition coefficient (Wildman–Crippen LogP) is 4.72. The molecule has 2 heterocycles. The van der Waals surface area contributed by atoms with E-state index in [-0.39, 0.29) is 11.8 Å². The Balaban J connectivity index is 1.62. The highest BCUT2D eigenvalue weighted by Gasteiger charge is 2.18. The Labute approximate surface area is 182 Å². The van der Waals surface area contributed by atoms with Gasteiger partial charge in [-0.2, -0.15) is 5.10 Å². The van der Waals surface area contributed by atoms with Crippen LogP contribution in [0.4, 0.5) is 5.69 Å². The lowest BCUT2D eigenvalue weighted by atomic mass is 10.2. The number of anilines is 1. The number of hydrogen-bond acceptors (Lipinski definition) is 4. The van der Waals surface area contributed by atoms with E-state index in [1.807, 2.05) is 48.0 Å². The molecule has 2 amide bonds. The molecule has 8 heteroatoms. The van der Waals surface area contributed by atoms with Gasteiger partial charge in [0.2, 0.25) is 0 Å². The van der Waals surface area contributed by atoms with E-state index in [0.717, 1.165) is 21.5 Å². The lowest BCUT2D eigenvalue weighted by Gasteiger charge is -2.08. The van der Waals surface area contributed by atoms with Crippen LogP contribution < -0.4 is 10.6 Å². The maximum absolute atomic E-state index is 12.9. The Morgan fingerprint density at radius 3 is 2.60 bits per heavy atom. The Morgan fingerprint density at radius 1 is 1.10 bits per heavy atom. The van der Waals surface area contributed by atoms with E-state index in [0.29, 0.717) is 27.7 Å². The van der Waals surface area contributed by atoms with Crippen molar-refractivity contribution in [1.82, 2.24) is 15.1 Å². The first kappa shape index (κ1) is 20.1. The van der Waals surface area contributed by atoms with Crippen molar-refractivity contribution in [2.75, 3.05) is 12.4 Å². The third kappa shape index (κ3) is 3.94. The van der Waals surface area contributed by atoms with Crippen LogP contribution in [0.15, 0.2) is 54.6 Å². The smallest absolute Gasteiger partial charge is 0.265 e. The molecule has 0 aliphatic rings. The van der Waals surface area contributed by atoms with Crippen molar-refractivity contribution in [2.24, 2.45) is 0 Å². The van der Waals surface area contributed by atoms with Gasteiger partial charge in [-0.15, -0.1) is 11.3 Å². The summed E-state index contributed by atoms with van der Waals surface area (Å²) in [7, 11) is 1.55. The van der Waals surface area contributed by atoms with Gasteiger partial charge in [0, 0.05) is 18.0 Å². The fourth-order valence-corrected chi connectivity index (χ4v) is 4.40. The molecule has 0 aliphatic carbocycles. The first-order valence-electron chi connectivity index (χ1n) is 9.30. The summed E-state index contributed by atoms with van der Waals surface area (Å²) in [6.45, 7) is 2.56. The third-order valence-corrected chi connectivity index (χ3v) is 6.19. The maximum Gasteiger partial charge on any atom is 0.265 e. The number of benzene rings is 2. The average Bonchev–Trinajstić information content (AvgIpc) is 3.31. The first-order valence-corrected chi connectivity index (χ1v) is 10.5. The standard InChI is InChI=1S/C22H19ClN4O2S/c1-13-16-11-19(30-22(16)27(26-13)12-14-6-4-3-5-7-14)21(29)25-18-10-15(20(28)24-2)8-9-17(18)23/h3-11H,12H2,1-2H3,(H,24,28)(H,25,29). The van der Waals surface area contributed by atoms with Crippen LogP contribution in [0.3, 0.4) is 0 Å². The van der Waals surface area contributed by atoms with E-state index in [4.69, 9.17) is 11.6 Å². The number of halogens is 1. The zero-order valence-corrected chi connectivity index (χ0v) is 18.0. The molecule has 0 saturated carbocycles. The zero-order chi connectivity index (χ0) is 21.3. The molecule has 0 unspecified atom stereocenters. The van der Waals surface area contributed by atoms with Gasteiger partial charge in [-0.1, -0.05) is 41.9 Å². The van der Waals surface area contributed by atoms with Crippen LogP contribution in [-0.2, 0) is 6.54 Å². The molecule has 2 N–H and O–H groups in total. The normalized spacial score (nSPS) is 10.9. The van der Waals surface area contributed by atoms with E-state index in [1.54, 1.807) is 25.2 Å². The number of nitrogens with zero attached hydrogens (tertiary/aromatic N) is 2. The molecule has 0 bridgehead atoms. The number of thiophene rings is 1. The van der Waals surface area contributed by atoms with Crippen molar-refractivity contribution in [3.05, 3.63) is 81.3 Å². The number of rotatable bonds is 5. The molecule has 0 radical (unpaired) electrons. The van der Waals surface area contributed by atoms with E-state index in [1.165, 1.54) is 11.3 Å². The largest absolute Gasteiger partial charge is 0.355 e. The van der Waals surface area contributed by atoms with E-state index in [2.05, 4.69) is 15.7 Å². The van der Waals surface area contributed by atoms with Crippen molar-refractivity contribution in [2.45, 2.75) is 13.5 Å². The SMILES string of the molecule is CNC(=O)c1ccc(Cl)c(NC(=O)c2cc3c(C)nn(Cc4ccccc4)c3s2)c1. The van der Waals surface area contributed by atoms with Crippen molar-refractivity contribution in [3.8, 4) is 0 Å². The molecule has 0 aliphatic heterocycles. The van der Waals surface area contributed by atoms with Crippen LogP contribution in [0.25, 0.3) is 10.2 Å². The van der Waals surface area contributed by atoms with Crippen molar-refractivity contribution in [1.29, 1.82) is 0 Å². The lowest BCUT2D eigenvalue weighted by molar-refractivity contribution is 0.0961. The summed E-state index contributed by atoms with van der Waals surface area (Å²) in [5.41, 5.74) is 2.82. The molecule has 30 heavy (non-hydrogen) atoms. The van der Waals surface area contributed by atoms with Crippen LogP contribution in [-0.4, -0.2) is 28.6 Å². The van der Waals surface area contributed by atoms with E-state index >= 15 is 0 Å². The molecule has 2 aromatic carbocycles. The highest BCUT2D eigenvalue weighted by molar-refractivity contribution is 7.20. The van der Waals surface area contributed by atoms with Crippen LogP contribution in [0.2, 0.25) is 5.02 Å². The van der Waals surface area contributed by atoms with Crippen LogP contribution in [0, 0.1) is 6.92 Å². The van der Waals surface area contributed by atoms with Crippen LogP contribution in [0.1, 0.15) is 31.3 Å². The highest BCUT2D eigenvalue weighted by atomic mass is 35.5. The minimum absolute atomic E-state index is 0.249. The second kappa shape index (κ2) is 8.30. The number of fused-ring (bicyclic) bond motifs is 1. The molecule has 0 spiro atoms. The number of hydrogen-bond donors (Lipinski definition) is 2. The van der Waals surface area contributed by atoms with Crippen molar-refractivity contribution in [3.63, 3.8) is 0 Å². The van der Waals surface area contributed by atoms with E-state index < -0.39 is 0 Å². The molecule has 0 fully saturated rings. The molecular formula is C22H19ClN4O2S. The number of carbonyl (C=O) groups is 2. The number of nitrogens with one attached hydrogen (secondary N) is 2. The van der Waals surface area contributed by atoms with Gasteiger partial charge < -0.3 is 10.6 Å². The molecule has 152 valence electrons. The van der Waals surface area contributed by atoms with Gasteiger partial charge in [-0.25, -0.2) is 0 Å². The molecule has 0 saturated heterocycles. The maximum atomic E-state index is 12.9. The topological polar surface area (TPSA) is 76.0 Å². The summed E-state index contributed by atoms with van der Waals surface area (Å²) in [6, 6.07) is 16.7. The number of aromatic nitrogens is 2. The van der Waals surface area contributed by atoms with E-state index in [9.17, 15) is 9.59 Å². The van der Waals surface area contributed by atoms with Gasteiger partial charge in [0.15, 0.2) is 0 Å². The van der Waals surface area contributed by atoms with Gasteiger partial charge in [-0.05, 0) is 36.8 Å². The molecule has 0 atom stereocenters. The lowest BCUT2D eigenvalue weighted by Crippen LogP contribution is -2.18. The van der Waals surface area contributed by atoms with Gasteiger partial charge in [-0.3, -0.25) is 14.3 Å². The zero-order valence-electron chi connectivity index (χ0n) is 16.4. The summed E-state index contributed by atoms with van der Waals surface area (Å²) < 4.78 is 1.92. The Hall–Kier alpha value is -3.16. The summed E-state index contributed by atoms with van der Waals surface area (Å²) in [6.07, 6.45) is 0. The number of aryl methyl sites for hydroxylation is 1. The second-order valence-electron chi connectivity index (χ2n) is 6.79. The quantitative estimate of drug-likeness (QED) is 0.473. The van der Waals surface area contributed by atoms with Crippen LogP contribution in [0.5, 0.6) is 0 Å². The van der Waals surface area contributed by atoms with Crippen LogP contribution >= 0.6 is 22.9 Å². The van der Waals surface area contributed by atoms with Gasteiger partial charge in [0.1, 0.15) is 4.83 Å². The third-order valence-electron chi connectivity index (χ3n) is 4.71. The fourth-order valence-electron chi connectivity index (χ4n) is 3.18. The van der Waals surface area contributed by atoms with Crippen molar-refractivity contribution < 1.29 is 9.59 Å². The summed E-state index contributed by atoms with van der Waals surface area (Å²) in [5.74, 6) is -0.529. The first-order chi connectivity index (χ1) is 14.5. The summed E-state index contributed by atoms with van der Waals surface area (Å²) >= 11 is 7.60. The molecular weight excluding hydrogens is 420 g/mol. The number of amides is 2. The minimum Gasteiger partial charge on any atom is -0.355 e. The highest BCUT2D eigenvalue weighted by Crippen LogP contribution is 2.30. The Bertz CT molecular complexity index is 1250. The summed E-state index contributed by atoms with van der Waals surface area (Å²) in [4.78, 5) is 26.2. The van der Waals surface area contributed by atoms with Gasteiger partial charge in [0.05, 0.1) is 27.8 Å². The second-order valence-corrected chi connectivity index (χ2v) is 8.22. The molecule has 4 aromatic rings. The molecule has 2 aromatic heterocycles. The monoisotopic (exact) mass is 438 g/mol. The minimum atomic E-state index is -0.280. The Morgan fingerprint density at radius 2 is 1.87 bits per heavy atom. The summed E-state index contributed by atoms with van der Waals surface area (Å²) in [5, 5.41) is 11.3. The predicted molar refractivity (Wildman–Crippen MR) is 121 cm³/mol. The molecule has 4 rings (SSSR count). The average molecular weight is 439 g/mol. The number of carbonyl (C=O) groups excluding carboxylic acids is 2.